The average Bonchev–Trinajstić information content (AvgIpc) is 2.59. The molecule has 0 aliphatic heterocycles. The zero-order valence-electron chi connectivity index (χ0n) is 14.3. The minimum Gasteiger partial charge on any atom is -0.675 e. The van der Waals surface area contributed by atoms with Gasteiger partial charge in [-0.05, 0) is 0 Å². The molecule has 1 unspecified atom stereocenters. The maximum absolute atomic E-state index is 7.27. The Balaban J connectivity index is 0. The molecule has 0 saturated heterocycles. The molecule has 0 aromatic carbocycles. The second-order valence-corrected chi connectivity index (χ2v) is 6.87. The van der Waals surface area contributed by atoms with E-state index in [1.165, 1.54) is 36.0 Å². The van der Waals surface area contributed by atoms with Gasteiger partial charge in [0.2, 0.25) is 0 Å². The van der Waals surface area contributed by atoms with Gasteiger partial charge in [-0.2, -0.15) is 11.1 Å². The Hall–Kier alpha value is 0.371. The minimum absolute atomic E-state index is 0. The van der Waals surface area contributed by atoms with Crippen LogP contribution in [-0.2, 0) is 21.7 Å². The van der Waals surface area contributed by atoms with Crippen molar-refractivity contribution in [2.75, 3.05) is 0 Å². The molecular formula is C17H32NSiTi. The number of allylic oxidation sites excluding steroid dienone is 4. The van der Waals surface area contributed by atoms with Gasteiger partial charge in [-0.15, -0.1) is 13.0 Å². The molecule has 0 aromatic rings. The van der Waals surface area contributed by atoms with Crippen molar-refractivity contribution in [3.63, 3.8) is 0 Å². The second-order valence-electron chi connectivity index (χ2n) is 5.71. The molecule has 1 saturated carbocycles. The van der Waals surface area contributed by atoms with E-state index in [4.69, 9.17) is 5.73 Å². The fourth-order valence-electron chi connectivity index (χ4n) is 2.26. The van der Waals surface area contributed by atoms with Gasteiger partial charge in [0.15, 0.2) is 0 Å². The van der Waals surface area contributed by atoms with Gasteiger partial charge in [0, 0.05) is 9.52 Å². The third-order valence-electron chi connectivity index (χ3n) is 3.84. The summed E-state index contributed by atoms with van der Waals surface area (Å²) < 4.78 is 0. The van der Waals surface area contributed by atoms with Crippen LogP contribution in [0.2, 0.25) is 13.1 Å². The Labute approximate surface area is 144 Å². The summed E-state index contributed by atoms with van der Waals surface area (Å²) in [5, 5.41) is 0. The molecule has 1 fully saturated rings. The Bertz CT molecular complexity index is 304. The van der Waals surface area contributed by atoms with Crippen molar-refractivity contribution in [2.45, 2.75) is 78.9 Å². The van der Waals surface area contributed by atoms with Crippen LogP contribution in [0.3, 0.4) is 0 Å². The molecule has 2 rings (SSSR count). The summed E-state index contributed by atoms with van der Waals surface area (Å²) in [4.78, 5) is 0. The van der Waals surface area contributed by atoms with Crippen LogP contribution in [0.15, 0.2) is 16.7 Å². The van der Waals surface area contributed by atoms with Crippen molar-refractivity contribution in [1.82, 2.24) is 0 Å². The Morgan fingerprint density at radius 2 is 1.50 bits per heavy atom. The van der Waals surface area contributed by atoms with Gasteiger partial charge in [-0.3, -0.25) is 6.08 Å². The van der Waals surface area contributed by atoms with Crippen LogP contribution in [0.25, 0.3) is 5.73 Å². The first kappa shape index (κ1) is 22.6. The van der Waals surface area contributed by atoms with E-state index in [1.807, 2.05) is 0 Å². The monoisotopic (exact) mass is 326 g/mol. The fraction of sp³-hybridized carbons (Fsp3) is 0.765. The van der Waals surface area contributed by atoms with E-state index in [1.54, 1.807) is 0 Å². The zero-order valence-corrected chi connectivity index (χ0v) is 17.0. The summed E-state index contributed by atoms with van der Waals surface area (Å²) in [6.07, 6.45) is 9.63. The SMILES string of the molecule is CC1=[C-]C(C)C(C)=C1C.C[SiH]C.[NH-]C1CCCCC1.[Ti+2]. The number of rotatable bonds is 0. The van der Waals surface area contributed by atoms with Crippen LogP contribution in [-0.4, -0.2) is 15.6 Å². The van der Waals surface area contributed by atoms with Crippen molar-refractivity contribution in [3.8, 4) is 0 Å². The number of hydrogen-bond donors (Lipinski definition) is 0. The largest absolute Gasteiger partial charge is 2.00 e. The van der Waals surface area contributed by atoms with Crippen LogP contribution < -0.4 is 0 Å². The standard InChI is InChI=1S/C9H13.C6H12N.C2H7Si.Ti/c1-6-5-7(2)9(4)8(6)3;7-6-4-2-1-3-5-6;1-3-2;/h6H,1-4H3;6-7H,1-5H2;3H,1-2H3;/q2*-1;;+2. The summed E-state index contributed by atoms with van der Waals surface area (Å²) >= 11 is 0. The van der Waals surface area contributed by atoms with E-state index >= 15 is 0 Å². The molecule has 2 aliphatic rings. The molecule has 3 heteroatoms. The fourth-order valence-corrected chi connectivity index (χ4v) is 2.26. The van der Waals surface area contributed by atoms with Crippen LogP contribution in [0.5, 0.6) is 0 Å². The molecular weight excluding hydrogens is 294 g/mol. The van der Waals surface area contributed by atoms with Gasteiger partial charge in [0.25, 0.3) is 0 Å². The van der Waals surface area contributed by atoms with Gasteiger partial charge in [0.05, 0.1) is 0 Å². The van der Waals surface area contributed by atoms with Gasteiger partial charge >= 0.3 is 21.7 Å². The van der Waals surface area contributed by atoms with Crippen molar-refractivity contribution >= 4 is 9.52 Å². The average molecular weight is 326 g/mol. The molecule has 0 amide bonds. The van der Waals surface area contributed by atoms with Crippen LogP contribution in [0.4, 0.5) is 0 Å². The van der Waals surface area contributed by atoms with E-state index in [0.29, 0.717) is 5.92 Å². The van der Waals surface area contributed by atoms with E-state index < -0.39 is 0 Å². The van der Waals surface area contributed by atoms with Gasteiger partial charge in [-0.1, -0.05) is 71.9 Å². The van der Waals surface area contributed by atoms with Crippen LogP contribution in [0.1, 0.15) is 59.8 Å². The summed E-state index contributed by atoms with van der Waals surface area (Å²) in [5.41, 5.74) is 11.5. The quantitative estimate of drug-likeness (QED) is 0.408. The smallest absolute Gasteiger partial charge is 0.675 e. The second kappa shape index (κ2) is 13.1. The first-order chi connectivity index (χ1) is 8.93. The molecule has 0 heterocycles. The van der Waals surface area contributed by atoms with Gasteiger partial charge < -0.3 is 5.73 Å². The van der Waals surface area contributed by atoms with Crippen molar-refractivity contribution in [3.05, 3.63) is 28.5 Å². The van der Waals surface area contributed by atoms with Gasteiger partial charge in [-0.25, -0.2) is 5.57 Å². The Kier molecular flexibility index (Phi) is 14.8. The van der Waals surface area contributed by atoms with E-state index in [2.05, 4.69) is 46.9 Å². The van der Waals surface area contributed by atoms with Gasteiger partial charge in [0.1, 0.15) is 0 Å². The topological polar surface area (TPSA) is 23.8 Å². The van der Waals surface area contributed by atoms with Crippen LogP contribution in [0, 0.1) is 12.0 Å². The first-order valence-corrected chi connectivity index (χ1v) is 9.97. The van der Waals surface area contributed by atoms with Crippen LogP contribution >= 0.6 is 0 Å². The predicted octanol–water partition coefficient (Wildman–Crippen LogP) is 5.61. The van der Waals surface area contributed by atoms with E-state index in [0.717, 1.165) is 22.4 Å². The summed E-state index contributed by atoms with van der Waals surface area (Å²) in [5.74, 6) is 0.560. The minimum atomic E-state index is 0. The Morgan fingerprint density at radius 3 is 1.65 bits per heavy atom. The molecule has 0 spiro atoms. The molecule has 1 radical (unpaired) electrons. The normalized spacial score (nSPS) is 21.9. The van der Waals surface area contributed by atoms with Crippen molar-refractivity contribution < 1.29 is 21.7 Å². The van der Waals surface area contributed by atoms with E-state index in [-0.39, 0.29) is 27.8 Å². The maximum atomic E-state index is 7.27. The molecule has 2 aliphatic carbocycles. The van der Waals surface area contributed by atoms with E-state index in [9.17, 15) is 0 Å². The zero-order chi connectivity index (χ0) is 14.8. The third-order valence-corrected chi connectivity index (χ3v) is 3.84. The molecule has 1 atom stereocenters. The maximum Gasteiger partial charge on any atom is 2.00 e. The molecule has 0 aromatic heterocycles. The van der Waals surface area contributed by atoms with Crippen molar-refractivity contribution in [2.24, 2.45) is 5.92 Å². The molecule has 20 heavy (non-hydrogen) atoms. The van der Waals surface area contributed by atoms with Crippen molar-refractivity contribution in [1.29, 1.82) is 0 Å². The molecule has 113 valence electrons. The predicted molar refractivity (Wildman–Crippen MR) is 90.0 cm³/mol. The molecule has 1 N–H and O–H groups in total. The Morgan fingerprint density at radius 1 is 1.05 bits per heavy atom. The first-order valence-electron chi connectivity index (χ1n) is 7.66. The third kappa shape index (κ3) is 9.33. The summed E-state index contributed by atoms with van der Waals surface area (Å²) in [6.45, 7) is 13.1. The molecule has 1 nitrogen and oxygen atoms in total. The molecule has 0 bridgehead atoms. The number of hydrogen-bond acceptors (Lipinski definition) is 0. The summed E-state index contributed by atoms with van der Waals surface area (Å²) in [7, 11) is 0.750. The summed E-state index contributed by atoms with van der Waals surface area (Å²) in [6, 6.07) is 0.286. The number of nitrogens with one attached hydrogen (secondary N) is 1.